The maximum absolute atomic E-state index is 11.4. The van der Waals surface area contributed by atoms with Crippen LogP contribution >= 0.6 is 11.8 Å². The van der Waals surface area contributed by atoms with E-state index < -0.39 is 4.92 Å². The van der Waals surface area contributed by atoms with Crippen LogP contribution in [0.2, 0.25) is 0 Å². The highest BCUT2D eigenvalue weighted by Gasteiger charge is 2.25. The molecule has 1 unspecified atom stereocenters. The lowest BCUT2D eigenvalue weighted by Gasteiger charge is -2.19. The molecule has 0 aromatic rings. The minimum Gasteiger partial charge on any atom is -0.359 e. The molecule has 0 radical (unpaired) electrons. The fraction of sp³-hybridized carbons (Fsp3) is 0.727. The first kappa shape index (κ1) is 13.4. The molecule has 0 bridgehead atoms. The Labute approximate surface area is 110 Å². The first-order chi connectivity index (χ1) is 8.66. The minimum absolute atomic E-state index is 0.00296. The topological polar surface area (TPSA) is 75.5 Å². The van der Waals surface area contributed by atoms with Crippen molar-refractivity contribution < 1.29 is 9.72 Å². The molecule has 2 fully saturated rings. The number of rotatable bonds is 5. The Morgan fingerprint density at radius 2 is 2.44 bits per heavy atom. The molecule has 0 aromatic heterocycles. The smallest absolute Gasteiger partial charge is 0.264 e. The summed E-state index contributed by atoms with van der Waals surface area (Å²) in [4.78, 5) is 23.5. The number of ketones is 1. The molecule has 1 saturated heterocycles. The molecule has 1 saturated carbocycles. The third-order valence-electron chi connectivity index (χ3n) is 3.22. The van der Waals surface area contributed by atoms with Crippen molar-refractivity contribution in [3.05, 3.63) is 21.3 Å². The molecule has 100 valence electrons. The molecule has 18 heavy (non-hydrogen) atoms. The number of thioether (sulfide) groups is 1. The van der Waals surface area contributed by atoms with Crippen LogP contribution in [0.4, 0.5) is 0 Å². The molecule has 1 aliphatic carbocycles. The third kappa shape index (κ3) is 3.46. The summed E-state index contributed by atoms with van der Waals surface area (Å²) in [7, 11) is 0. The summed E-state index contributed by atoms with van der Waals surface area (Å²) in [5.41, 5.74) is 0. The van der Waals surface area contributed by atoms with Crippen molar-refractivity contribution >= 4 is 17.5 Å². The number of carbonyl (C=O) groups excluding carboxylic acids is 1. The molecule has 0 aromatic carbocycles. The highest BCUT2D eigenvalue weighted by Crippen LogP contribution is 2.26. The SMILES string of the molecule is O=C1CCCC1NCCN1CCSC1=C[N+](=O)[O-]. The third-order valence-corrected chi connectivity index (χ3v) is 4.26. The molecule has 2 aliphatic rings. The first-order valence-electron chi connectivity index (χ1n) is 6.16. The maximum atomic E-state index is 11.4. The van der Waals surface area contributed by atoms with Crippen LogP contribution in [0.5, 0.6) is 0 Å². The normalized spacial score (nSPS) is 26.2. The van der Waals surface area contributed by atoms with Crippen LogP contribution in [0.1, 0.15) is 19.3 Å². The van der Waals surface area contributed by atoms with Crippen LogP contribution in [-0.4, -0.2) is 47.0 Å². The second kappa shape index (κ2) is 6.19. The average Bonchev–Trinajstić information content (AvgIpc) is 2.89. The van der Waals surface area contributed by atoms with Gasteiger partial charge in [0.2, 0.25) is 0 Å². The fourth-order valence-electron chi connectivity index (χ4n) is 2.30. The van der Waals surface area contributed by atoms with E-state index in [2.05, 4.69) is 5.32 Å². The molecular formula is C11H17N3O3S. The molecule has 6 nitrogen and oxygen atoms in total. The quantitative estimate of drug-likeness (QED) is 0.589. The summed E-state index contributed by atoms with van der Waals surface area (Å²) in [5.74, 6) is 1.19. The Kier molecular flexibility index (Phi) is 4.60. The molecule has 2 rings (SSSR count). The van der Waals surface area contributed by atoms with E-state index in [0.717, 1.165) is 42.9 Å². The van der Waals surface area contributed by atoms with Crippen LogP contribution in [-0.2, 0) is 4.79 Å². The van der Waals surface area contributed by atoms with E-state index in [4.69, 9.17) is 0 Å². The van der Waals surface area contributed by atoms with Crippen molar-refractivity contribution in [2.75, 3.05) is 25.4 Å². The van der Waals surface area contributed by atoms with Gasteiger partial charge in [-0.05, 0) is 12.8 Å². The molecular weight excluding hydrogens is 254 g/mol. The maximum Gasteiger partial charge on any atom is 0.264 e. The van der Waals surface area contributed by atoms with Crippen molar-refractivity contribution in [3.8, 4) is 0 Å². The summed E-state index contributed by atoms with van der Waals surface area (Å²) in [6.07, 6.45) is 3.65. The van der Waals surface area contributed by atoms with Crippen molar-refractivity contribution in [2.45, 2.75) is 25.3 Å². The Balaban J connectivity index is 1.76. The Bertz CT molecular complexity index is 373. The van der Waals surface area contributed by atoms with Crippen LogP contribution in [0, 0.1) is 10.1 Å². The largest absolute Gasteiger partial charge is 0.359 e. The minimum atomic E-state index is -0.408. The molecule has 0 amide bonds. The van der Waals surface area contributed by atoms with Gasteiger partial charge in [-0.3, -0.25) is 14.9 Å². The summed E-state index contributed by atoms with van der Waals surface area (Å²) in [6, 6.07) is 0.00296. The monoisotopic (exact) mass is 271 g/mol. The first-order valence-corrected chi connectivity index (χ1v) is 7.14. The van der Waals surface area contributed by atoms with Crippen LogP contribution in [0.15, 0.2) is 11.2 Å². The lowest BCUT2D eigenvalue weighted by atomic mass is 10.2. The van der Waals surface area contributed by atoms with Crippen molar-refractivity contribution in [1.29, 1.82) is 0 Å². The van der Waals surface area contributed by atoms with Gasteiger partial charge in [0.05, 0.1) is 11.0 Å². The second-order valence-electron chi connectivity index (χ2n) is 4.45. The lowest BCUT2D eigenvalue weighted by Crippen LogP contribution is -2.38. The zero-order valence-corrected chi connectivity index (χ0v) is 10.9. The van der Waals surface area contributed by atoms with Gasteiger partial charge in [0.15, 0.2) is 0 Å². The van der Waals surface area contributed by atoms with E-state index in [0.29, 0.717) is 18.7 Å². The summed E-state index contributed by atoms with van der Waals surface area (Å²) in [5, 5.41) is 14.4. The lowest BCUT2D eigenvalue weighted by molar-refractivity contribution is -0.403. The van der Waals surface area contributed by atoms with Gasteiger partial charge in [-0.1, -0.05) is 0 Å². The molecule has 0 spiro atoms. The van der Waals surface area contributed by atoms with Crippen LogP contribution < -0.4 is 5.32 Å². The van der Waals surface area contributed by atoms with Gasteiger partial charge < -0.3 is 10.2 Å². The van der Waals surface area contributed by atoms with Gasteiger partial charge in [0.1, 0.15) is 10.8 Å². The zero-order chi connectivity index (χ0) is 13.0. The summed E-state index contributed by atoms with van der Waals surface area (Å²) >= 11 is 1.51. The molecule has 7 heteroatoms. The number of nitro groups is 1. The standard InChI is InChI=1S/C11H17N3O3S/c15-10-3-1-2-9(10)12-4-5-13-6-7-18-11(13)8-14(16)17/h8-9,12H,1-7H2. The predicted molar refractivity (Wildman–Crippen MR) is 69.8 cm³/mol. The Hall–Kier alpha value is -1.08. The van der Waals surface area contributed by atoms with Crippen molar-refractivity contribution in [3.63, 3.8) is 0 Å². The number of hydrogen-bond acceptors (Lipinski definition) is 6. The average molecular weight is 271 g/mol. The Morgan fingerprint density at radius 1 is 1.61 bits per heavy atom. The summed E-state index contributed by atoms with van der Waals surface area (Å²) < 4.78 is 0. The van der Waals surface area contributed by atoms with E-state index in [1.54, 1.807) is 0 Å². The van der Waals surface area contributed by atoms with Gasteiger partial charge in [0.25, 0.3) is 6.20 Å². The Morgan fingerprint density at radius 3 is 3.11 bits per heavy atom. The van der Waals surface area contributed by atoms with E-state index in [1.165, 1.54) is 11.8 Å². The van der Waals surface area contributed by atoms with Gasteiger partial charge >= 0.3 is 0 Å². The number of hydrogen-bond donors (Lipinski definition) is 1. The number of carbonyl (C=O) groups is 1. The molecule has 1 N–H and O–H groups in total. The molecule has 1 atom stereocenters. The molecule has 1 aliphatic heterocycles. The van der Waals surface area contributed by atoms with Crippen LogP contribution in [0.25, 0.3) is 0 Å². The fourth-order valence-corrected chi connectivity index (χ4v) is 3.34. The van der Waals surface area contributed by atoms with Gasteiger partial charge in [-0.25, -0.2) is 0 Å². The van der Waals surface area contributed by atoms with E-state index in [9.17, 15) is 14.9 Å². The highest BCUT2D eigenvalue weighted by molar-refractivity contribution is 8.03. The highest BCUT2D eigenvalue weighted by atomic mass is 32.2. The number of Topliss-reactive ketones (excluding diaryl/α,β-unsaturated/α-hetero) is 1. The van der Waals surface area contributed by atoms with Gasteiger partial charge in [-0.15, -0.1) is 11.8 Å². The van der Waals surface area contributed by atoms with Crippen molar-refractivity contribution in [2.24, 2.45) is 0 Å². The van der Waals surface area contributed by atoms with Crippen molar-refractivity contribution in [1.82, 2.24) is 10.2 Å². The van der Waals surface area contributed by atoms with Gasteiger partial charge in [0, 0.05) is 31.8 Å². The van der Waals surface area contributed by atoms with E-state index in [-0.39, 0.29) is 6.04 Å². The predicted octanol–water partition coefficient (Wildman–Crippen LogP) is 0.822. The van der Waals surface area contributed by atoms with E-state index >= 15 is 0 Å². The summed E-state index contributed by atoms with van der Waals surface area (Å²) in [6.45, 7) is 2.26. The van der Waals surface area contributed by atoms with E-state index in [1.807, 2.05) is 4.90 Å². The number of nitrogens with zero attached hydrogens (tertiary/aromatic N) is 2. The van der Waals surface area contributed by atoms with Crippen LogP contribution in [0.3, 0.4) is 0 Å². The molecule has 1 heterocycles. The van der Waals surface area contributed by atoms with Gasteiger partial charge in [-0.2, -0.15) is 0 Å². The number of nitrogens with one attached hydrogen (secondary N) is 1. The zero-order valence-electron chi connectivity index (χ0n) is 10.1. The second-order valence-corrected chi connectivity index (χ2v) is 5.57.